The summed E-state index contributed by atoms with van der Waals surface area (Å²) in [5.41, 5.74) is 1.28. The Balaban J connectivity index is 2.92. The summed E-state index contributed by atoms with van der Waals surface area (Å²) in [6, 6.07) is 10.3. The molecule has 0 aromatic heterocycles. The van der Waals surface area contributed by atoms with Crippen molar-refractivity contribution in [2.24, 2.45) is 0 Å². The van der Waals surface area contributed by atoms with Crippen molar-refractivity contribution in [1.82, 2.24) is 0 Å². The van der Waals surface area contributed by atoms with E-state index < -0.39 is 9.93 Å². The fraction of sp³-hybridized carbons (Fsp3) is 0.500. The average molecular weight is 212 g/mol. The van der Waals surface area contributed by atoms with Crippen molar-refractivity contribution < 1.29 is 4.21 Å². The van der Waals surface area contributed by atoms with E-state index >= 15 is 0 Å². The van der Waals surface area contributed by atoms with Crippen molar-refractivity contribution >= 4 is 9.93 Å². The van der Waals surface area contributed by atoms with Crippen LogP contribution in [0.3, 0.4) is 0 Å². The molecule has 0 amide bonds. The summed E-state index contributed by atoms with van der Waals surface area (Å²) >= 11 is 0. The number of hydrogen-bond donors (Lipinski definition) is 1. The highest BCUT2D eigenvalue weighted by atomic mass is 32.2. The smallest absolute Gasteiger partial charge is 0.00996 e. The molecule has 0 unspecified atom stereocenters. The van der Waals surface area contributed by atoms with Gasteiger partial charge in [-0.05, 0) is 23.5 Å². The second-order valence-electron chi connectivity index (χ2n) is 4.98. The maximum absolute atomic E-state index is 11.8. The van der Waals surface area contributed by atoms with Crippen LogP contribution in [0.25, 0.3) is 0 Å². The van der Waals surface area contributed by atoms with Crippen LogP contribution in [-0.4, -0.2) is 22.5 Å². The predicted molar refractivity (Wildman–Crippen MR) is 65.7 cm³/mol. The van der Waals surface area contributed by atoms with Crippen LogP contribution in [0.2, 0.25) is 0 Å². The van der Waals surface area contributed by atoms with Crippen molar-refractivity contribution in [3.05, 3.63) is 35.9 Å². The summed E-state index contributed by atoms with van der Waals surface area (Å²) in [6.45, 7) is 4.31. The Bertz CT molecular complexity index is 335. The molecule has 0 aliphatic rings. The van der Waals surface area contributed by atoms with Gasteiger partial charge in [0.25, 0.3) is 0 Å². The van der Waals surface area contributed by atoms with Crippen LogP contribution >= 0.6 is 0 Å². The van der Waals surface area contributed by atoms with E-state index in [9.17, 15) is 4.21 Å². The minimum Gasteiger partial charge on any atom is -0.285 e. The highest BCUT2D eigenvalue weighted by molar-refractivity contribution is 8.01. The number of benzene rings is 1. The fourth-order valence-corrected chi connectivity index (χ4v) is 4.02. The maximum atomic E-state index is 11.8. The van der Waals surface area contributed by atoms with E-state index in [-0.39, 0.29) is 5.41 Å². The van der Waals surface area contributed by atoms with Gasteiger partial charge in [-0.1, -0.05) is 44.2 Å². The lowest BCUT2D eigenvalue weighted by atomic mass is 9.87. The second kappa shape index (κ2) is 3.85. The summed E-state index contributed by atoms with van der Waals surface area (Å²) in [7, 11) is -1.95. The Kier molecular flexibility index (Phi) is 3.15. The zero-order chi connectivity index (χ0) is 10.8. The first-order valence-electron chi connectivity index (χ1n) is 4.91. The fourth-order valence-electron chi connectivity index (χ4n) is 1.93. The molecule has 0 aliphatic heterocycles. The highest BCUT2D eigenvalue weighted by Crippen LogP contribution is 2.25. The van der Waals surface area contributed by atoms with Crippen LogP contribution < -0.4 is 0 Å². The first-order chi connectivity index (χ1) is 6.31. The second-order valence-corrected chi connectivity index (χ2v) is 8.45. The van der Waals surface area contributed by atoms with Gasteiger partial charge >= 0.3 is 0 Å². The van der Waals surface area contributed by atoms with Crippen molar-refractivity contribution in [2.75, 3.05) is 18.3 Å². The molecule has 80 valence electrons. The third kappa shape index (κ3) is 3.26. The molecule has 1 aromatic rings. The molecule has 0 spiro atoms. The molecule has 1 rings (SSSR count). The Morgan fingerprint density at radius 3 is 2.07 bits per heavy atom. The van der Waals surface area contributed by atoms with Gasteiger partial charge < -0.3 is 0 Å². The largest absolute Gasteiger partial charge is 0.285 e. The van der Waals surface area contributed by atoms with Gasteiger partial charge in [-0.15, -0.1) is 9.93 Å². The molecular weight excluding hydrogens is 192 g/mol. The first-order valence-corrected chi connectivity index (χ1v) is 7.69. The molecule has 0 fully saturated rings. The van der Waals surface area contributed by atoms with E-state index in [1.54, 1.807) is 0 Å². The van der Waals surface area contributed by atoms with Gasteiger partial charge in [-0.25, -0.2) is 0 Å². The average Bonchev–Trinajstić information content (AvgIpc) is 2.01. The minimum absolute atomic E-state index is 0.0142. The lowest BCUT2D eigenvalue weighted by Gasteiger charge is -2.29. The van der Waals surface area contributed by atoms with Gasteiger partial charge in [0.15, 0.2) is 0 Å². The Morgan fingerprint density at radius 1 is 1.14 bits per heavy atom. The molecule has 0 saturated heterocycles. The number of hydrogen-bond acceptors (Lipinski definition) is 1. The van der Waals surface area contributed by atoms with Crippen LogP contribution in [-0.2, 0) is 15.3 Å². The standard InChI is InChI=1S/C12H20OS/c1-12(2,10-14(3,4)13)11-8-6-5-7-9-11/h5-9,14H,10H2,1-4H3. The van der Waals surface area contributed by atoms with Crippen LogP contribution in [0.5, 0.6) is 0 Å². The SMILES string of the molecule is CC(C)(C[SH](C)(C)=O)c1ccccc1. The van der Waals surface area contributed by atoms with Gasteiger partial charge in [-0.3, -0.25) is 4.21 Å². The molecule has 14 heavy (non-hydrogen) atoms. The zero-order valence-electron chi connectivity index (χ0n) is 9.45. The van der Waals surface area contributed by atoms with Crippen LogP contribution in [0, 0.1) is 0 Å². The lowest BCUT2D eigenvalue weighted by Crippen LogP contribution is -2.30. The maximum Gasteiger partial charge on any atom is 0.00996 e. The van der Waals surface area contributed by atoms with E-state index in [4.69, 9.17) is 0 Å². The molecule has 0 bridgehead atoms. The van der Waals surface area contributed by atoms with Gasteiger partial charge in [0.05, 0.1) is 0 Å². The van der Waals surface area contributed by atoms with E-state index in [0.717, 1.165) is 5.75 Å². The van der Waals surface area contributed by atoms with Gasteiger partial charge in [0, 0.05) is 5.75 Å². The van der Waals surface area contributed by atoms with Crippen molar-refractivity contribution in [3.63, 3.8) is 0 Å². The molecule has 0 heterocycles. The summed E-state index contributed by atoms with van der Waals surface area (Å²) in [6.07, 6.45) is 3.72. The normalized spacial score (nSPS) is 14.0. The van der Waals surface area contributed by atoms with E-state index in [1.165, 1.54) is 5.56 Å². The monoisotopic (exact) mass is 212 g/mol. The Hall–Kier alpha value is -0.630. The molecule has 2 heteroatoms. The van der Waals surface area contributed by atoms with Gasteiger partial charge in [-0.2, -0.15) is 0 Å². The third-order valence-electron chi connectivity index (χ3n) is 2.33. The zero-order valence-corrected chi connectivity index (χ0v) is 10.3. The first kappa shape index (κ1) is 11.4. The van der Waals surface area contributed by atoms with Crippen molar-refractivity contribution in [2.45, 2.75) is 19.3 Å². The molecule has 1 aromatic carbocycles. The molecule has 0 aliphatic carbocycles. The Labute approximate surface area is 88.0 Å². The molecule has 0 N–H and O–H groups in total. The topological polar surface area (TPSA) is 17.1 Å². The summed E-state index contributed by atoms with van der Waals surface area (Å²) in [5.74, 6) is 0.768. The number of rotatable bonds is 3. The van der Waals surface area contributed by atoms with E-state index in [2.05, 4.69) is 26.0 Å². The molecule has 0 atom stereocenters. The molecule has 0 saturated carbocycles. The van der Waals surface area contributed by atoms with Crippen LogP contribution in [0.4, 0.5) is 0 Å². The lowest BCUT2D eigenvalue weighted by molar-refractivity contribution is 0.583. The van der Waals surface area contributed by atoms with E-state index in [0.29, 0.717) is 0 Å². The molecular formula is C12H20OS. The summed E-state index contributed by atoms with van der Waals surface area (Å²) < 4.78 is 11.8. The summed E-state index contributed by atoms with van der Waals surface area (Å²) in [5, 5.41) is 0. The van der Waals surface area contributed by atoms with Gasteiger partial charge in [0.2, 0.25) is 0 Å². The quantitative estimate of drug-likeness (QED) is 0.760. The van der Waals surface area contributed by atoms with Crippen molar-refractivity contribution in [1.29, 1.82) is 0 Å². The highest BCUT2D eigenvalue weighted by Gasteiger charge is 2.23. The Morgan fingerprint density at radius 2 is 1.64 bits per heavy atom. The van der Waals surface area contributed by atoms with Gasteiger partial charge in [0.1, 0.15) is 0 Å². The van der Waals surface area contributed by atoms with E-state index in [1.807, 2.05) is 30.7 Å². The molecule has 0 radical (unpaired) electrons. The summed E-state index contributed by atoms with van der Waals surface area (Å²) in [4.78, 5) is 0. The predicted octanol–water partition coefficient (Wildman–Crippen LogP) is 2.24. The molecule has 1 nitrogen and oxygen atoms in total. The number of thiol groups is 1. The minimum atomic E-state index is -1.95. The van der Waals surface area contributed by atoms with Crippen LogP contribution in [0.1, 0.15) is 19.4 Å². The van der Waals surface area contributed by atoms with Crippen LogP contribution in [0.15, 0.2) is 30.3 Å². The third-order valence-corrected chi connectivity index (χ3v) is 3.88. The van der Waals surface area contributed by atoms with Crippen molar-refractivity contribution in [3.8, 4) is 0 Å².